The van der Waals surface area contributed by atoms with E-state index in [1.807, 2.05) is 19.2 Å². The minimum atomic E-state index is 0.600. The van der Waals surface area contributed by atoms with Crippen molar-refractivity contribution in [1.29, 1.82) is 0 Å². The van der Waals surface area contributed by atoms with Gasteiger partial charge in [0.2, 0.25) is 0 Å². The summed E-state index contributed by atoms with van der Waals surface area (Å²) in [7, 11) is 1.93. The monoisotopic (exact) mass is 271 g/mol. The number of benzene rings is 1. The van der Waals surface area contributed by atoms with Crippen molar-refractivity contribution >= 4 is 34.5 Å². The number of rotatable bonds is 3. The molecule has 1 heterocycles. The lowest BCUT2D eigenvalue weighted by molar-refractivity contribution is 0.821. The van der Waals surface area contributed by atoms with E-state index in [-0.39, 0.29) is 0 Å². The van der Waals surface area contributed by atoms with Gasteiger partial charge in [0.1, 0.15) is 0 Å². The maximum absolute atomic E-state index is 6.17. The van der Waals surface area contributed by atoms with Gasteiger partial charge >= 0.3 is 0 Å². The lowest BCUT2D eigenvalue weighted by Gasteiger charge is -2.02. The Morgan fingerprint density at radius 3 is 2.88 bits per heavy atom. The number of nitrogens with one attached hydrogen (secondary N) is 1. The number of hydrogen-bond acceptors (Lipinski definition) is 2. The van der Waals surface area contributed by atoms with Crippen LogP contribution in [0.4, 0.5) is 0 Å². The molecule has 1 aromatic carbocycles. The van der Waals surface area contributed by atoms with E-state index in [0.717, 1.165) is 17.0 Å². The van der Waals surface area contributed by atoms with Gasteiger partial charge in [-0.25, -0.2) is 0 Å². The van der Waals surface area contributed by atoms with E-state index in [2.05, 4.69) is 16.8 Å². The van der Waals surface area contributed by atoms with Crippen LogP contribution >= 0.6 is 34.5 Å². The number of thiophene rings is 1. The Balaban J connectivity index is 2.39. The molecule has 0 saturated heterocycles. The van der Waals surface area contributed by atoms with Gasteiger partial charge in [-0.2, -0.15) is 0 Å². The maximum atomic E-state index is 6.17. The second-order valence-electron chi connectivity index (χ2n) is 3.45. The third-order valence-corrected chi connectivity index (χ3v) is 4.08. The van der Waals surface area contributed by atoms with Gasteiger partial charge in [0.05, 0.1) is 10.0 Å². The zero-order valence-electron chi connectivity index (χ0n) is 8.76. The van der Waals surface area contributed by atoms with Crippen molar-refractivity contribution in [3.8, 4) is 10.4 Å². The van der Waals surface area contributed by atoms with Crippen molar-refractivity contribution in [1.82, 2.24) is 5.32 Å². The molecule has 1 aromatic heterocycles. The standard InChI is InChI=1S/C12H11Cl2NS/c1-15-6-8-5-11(16-7-8)9-3-2-4-10(13)12(9)14/h2-5,7,15H,6H2,1H3. The highest BCUT2D eigenvalue weighted by Crippen LogP contribution is 2.36. The molecular formula is C12H11Cl2NS. The minimum absolute atomic E-state index is 0.600. The highest BCUT2D eigenvalue weighted by Gasteiger charge is 2.08. The molecule has 16 heavy (non-hydrogen) atoms. The highest BCUT2D eigenvalue weighted by molar-refractivity contribution is 7.13. The average Bonchev–Trinajstić information content (AvgIpc) is 2.71. The Hall–Kier alpha value is -0.540. The molecule has 0 atom stereocenters. The first-order valence-electron chi connectivity index (χ1n) is 4.88. The molecule has 0 aliphatic heterocycles. The van der Waals surface area contributed by atoms with Crippen LogP contribution in [0, 0.1) is 0 Å². The van der Waals surface area contributed by atoms with E-state index in [0.29, 0.717) is 10.0 Å². The molecule has 2 rings (SSSR count). The first-order valence-corrected chi connectivity index (χ1v) is 6.52. The van der Waals surface area contributed by atoms with Crippen LogP contribution in [0.5, 0.6) is 0 Å². The number of halogens is 2. The number of hydrogen-bond donors (Lipinski definition) is 1. The second-order valence-corrected chi connectivity index (χ2v) is 5.15. The molecule has 0 unspecified atom stereocenters. The smallest absolute Gasteiger partial charge is 0.0678 e. The van der Waals surface area contributed by atoms with Gasteiger partial charge in [0.15, 0.2) is 0 Å². The van der Waals surface area contributed by atoms with Crippen LogP contribution in [-0.2, 0) is 6.54 Å². The first kappa shape index (κ1) is 11.9. The lowest BCUT2D eigenvalue weighted by Crippen LogP contribution is -2.03. The average molecular weight is 272 g/mol. The summed E-state index contributed by atoms with van der Waals surface area (Å²) in [5, 5.41) is 6.48. The zero-order chi connectivity index (χ0) is 11.5. The molecule has 4 heteroatoms. The van der Waals surface area contributed by atoms with Gasteiger partial charge in [-0.15, -0.1) is 11.3 Å². The highest BCUT2D eigenvalue weighted by atomic mass is 35.5. The van der Waals surface area contributed by atoms with E-state index < -0.39 is 0 Å². The van der Waals surface area contributed by atoms with Crippen molar-refractivity contribution in [2.45, 2.75) is 6.54 Å². The molecule has 2 aromatic rings. The maximum Gasteiger partial charge on any atom is 0.0678 e. The van der Waals surface area contributed by atoms with Crippen LogP contribution in [0.3, 0.4) is 0 Å². The second kappa shape index (κ2) is 5.19. The fraction of sp³-hybridized carbons (Fsp3) is 0.167. The molecule has 0 aliphatic rings. The van der Waals surface area contributed by atoms with Gasteiger partial charge in [-0.1, -0.05) is 35.3 Å². The SMILES string of the molecule is CNCc1csc(-c2cccc(Cl)c2Cl)c1. The van der Waals surface area contributed by atoms with Crippen LogP contribution in [0.2, 0.25) is 10.0 Å². The topological polar surface area (TPSA) is 12.0 Å². The largest absolute Gasteiger partial charge is 0.316 e. The Kier molecular flexibility index (Phi) is 3.87. The third-order valence-electron chi connectivity index (χ3n) is 2.25. The molecule has 0 amide bonds. The normalized spacial score (nSPS) is 10.7. The van der Waals surface area contributed by atoms with Crippen molar-refractivity contribution in [2.75, 3.05) is 7.05 Å². The molecule has 0 aliphatic carbocycles. The predicted octanol–water partition coefficient (Wildman–Crippen LogP) is 4.44. The van der Waals surface area contributed by atoms with Crippen LogP contribution < -0.4 is 5.32 Å². The van der Waals surface area contributed by atoms with Crippen LogP contribution in [0.1, 0.15) is 5.56 Å². The van der Waals surface area contributed by atoms with E-state index in [1.54, 1.807) is 17.4 Å². The van der Waals surface area contributed by atoms with Crippen molar-refractivity contribution in [3.05, 3.63) is 45.3 Å². The summed E-state index contributed by atoms with van der Waals surface area (Å²) < 4.78 is 0. The van der Waals surface area contributed by atoms with Gasteiger partial charge in [0, 0.05) is 17.0 Å². The van der Waals surface area contributed by atoms with Crippen molar-refractivity contribution < 1.29 is 0 Å². The summed E-state index contributed by atoms with van der Waals surface area (Å²) in [5.41, 5.74) is 2.26. The summed E-state index contributed by atoms with van der Waals surface area (Å²) in [6, 6.07) is 7.85. The van der Waals surface area contributed by atoms with E-state index in [9.17, 15) is 0 Å². The van der Waals surface area contributed by atoms with E-state index in [4.69, 9.17) is 23.2 Å². The van der Waals surface area contributed by atoms with Gasteiger partial charge in [-0.05, 0) is 30.1 Å². The van der Waals surface area contributed by atoms with Gasteiger partial charge in [-0.3, -0.25) is 0 Å². The minimum Gasteiger partial charge on any atom is -0.316 e. The van der Waals surface area contributed by atoms with Crippen molar-refractivity contribution in [3.63, 3.8) is 0 Å². The van der Waals surface area contributed by atoms with Crippen LogP contribution in [0.25, 0.3) is 10.4 Å². The van der Waals surface area contributed by atoms with Gasteiger partial charge < -0.3 is 5.32 Å². The van der Waals surface area contributed by atoms with Crippen LogP contribution in [-0.4, -0.2) is 7.05 Å². The summed E-state index contributed by atoms with van der Waals surface area (Å²) in [6.07, 6.45) is 0. The lowest BCUT2D eigenvalue weighted by atomic mass is 10.1. The van der Waals surface area contributed by atoms with Crippen molar-refractivity contribution in [2.24, 2.45) is 0 Å². The van der Waals surface area contributed by atoms with E-state index >= 15 is 0 Å². The molecule has 0 radical (unpaired) electrons. The summed E-state index contributed by atoms with van der Waals surface area (Å²) in [4.78, 5) is 1.15. The fourth-order valence-electron chi connectivity index (χ4n) is 1.51. The summed E-state index contributed by atoms with van der Waals surface area (Å²) in [5.74, 6) is 0. The summed E-state index contributed by atoms with van der Waals surface area (Å²) in [6.45, 7) is 0.870. The molecule has 1 N–H and O–H groups in total. The molecule has 0 saturated carbocycles. The molecule has 1 nitrogen and oxygen atoms in total. The molecular weight excluding hydrogens is 261 g/mol. The summed E-state index contributed by atoms with van der Waals surface area (Å²) >= 11 is 13.8. The third kappa shape index (κ3) is 2.41. The fourth-order valence-corrected chi connectivity index (χ4v) is 2.91. The molecule has 0 spiro atoms. The predicted molar refractivity (Wildman–Crippen MR) is 72.5 cm³/mol. The Labute approximate surface area is 109 Å². The molecule has 84 valence electrons. The first-order chi connectivity index (χ1) is 7.72. The van der Waals surface area contributed by atoms with E-state index in [1.165, 1.54) is 5.56 Å². The Morgan fingerprint density at radius 1 is 1.31 bits per heavy atom. The zero-order valence-corrected chi connectivity index (χ0v) is 11.1. The van der Waals surface area contributed by atoms with Crippen LogP contribution in [0.15, 0.2) is 29.6 Å². The van der Waals surface area contributed by atoms with Gasteiger partial charge in [0.25, 0.3) is 0 Å². The Morgan fingerprint density at radius 2 is 2.12 bits per heavy atom. The quantitative estimate of drug-likeness (QED) is 0.870. The molecule has 0 bridgehead atoms. The Bertz CT molecular complexity index is 494. The molecule has 0 fully saturated rings.